The maximum Gasteiger partial charge on any atom is 0.138 e. The van der Waals surface area contributed by atoms with E-state index in [1.807, 2.05) is 0 Å². The molecule has 0 atom stereocenters. The highest BCUT2D eigenvalue weighted by Gasteiger charge is 2.18. The van der Waals surface area contributed by atoms with Crippen molar-refractivity contribution in [2.75, 3.05) is 65.6 Å². The van der Waals surface area contributed by atoms with E-state index in [4.69, 9.17) is 9.72 Å². The van der Waals surface area contributed by atoms with Crippen molar-refractivity contribution >= 4 is 11.0 Å². The summed E-state index contributed by atoms with van der Waals surface area (Å²) in [7, 11) is 0. The Labute approximate surface area is 219 Å². The predicted octanol–water partition coefficient (Wildman–Crippen LogP) is 4.66. The minimum absolute atomic E-state index is 0.889. The SMILES string of the molecule is Cc1cccc2[nH]c(-c3ccc(-c4ccc(CN5CCN(CCN6CCOCC6)CC5)cc4)cc3)nc12. The van der Waals surface area contributed by atoms with Gasteiger partial charge >= 0.3 is 0 Å². The lowest BCUT2D eigenvalue weighted by Gasteiger charge is -2.36. The largest absolute Gasteiger partial charge is 0.379 e. The van der Waals surface area contributed by atoms with Gasteiger partial charge in [0.25, 0.3) is 0 Å². The van der Waals surface area contributed by atoms with Gasteiger partial charge in [0, 0.05) is 64.5 Å². The first-order valence-corrected chi connectivity index (χ1v) is 13.6. The molecule has 37 heavy (non-hydrogen) atoms. The van der Waals surface area contributed by atoms with Crippen LogP contribution in [0.2, 0.25) is 0 Å². The molecule has 2 aliphatic rings. The maximum atomic E-state index is 5.46. The highest BCUT2D eigenvalue weighted by atomic mass is 16.5. The fraction of sp³-hybridized carbons (Fsp3) is 0.387. The quantitative estimate of drug-likeness (QED) is 0.404. The summed E-state index contributed by atoms with van der Waals surface area (Å²) in [6, 6.07) is 24.1. The summed E-state index contributed by atoms with van der Waals surface area (Å²) in [4.78, 5) is 16.0. The minimum Gasteiger partial charge on any atom is -0.379 e. The van der Waals surface area contributed by atoms with Crippen LogP contribution < -0.4 is 0 Å². The normalized spacial score (nSPS) is 18.0. The molecule has 0 unspecified atom stereocenters. The lowest BCUT2D eigenvalue weighted by molar-refractivity contribution is 0.0297. The lowest BCUT2D eigenvalue weighted by Crippen LogP contribution is -2.49. The van der Waals surface area contributed by atoms with Gasteiger partial charge in [0.1, 0.15) is 5.82 Å². The molecule has 3 heterocycles. The number of piperazine rings is 1. The van der Waals surface area contributed by atoms with Crippen molar-refractivity contribution in [2.24, 2.45) is 0 Å². The van der Waals surface area contributed by atoms with Gasteiger partial charge < -0.3 is 9.72 Å². The molecule has 0 spiro atoms. The number of nitrogens with zero attached hydrogens (tertiary/aromatic N) is 4. The Kier molecular flexibility index (Phi) is 7.33. The zero-order valence-corrected chi connectivity index (χ0v) is 21.8. The van der Waals surface area contributed by atoms with Crippen LogP contribution in [-0.2, 0) is 11.3 Å². The van der Waals surface area contributed by atoms with Crippen LogP contribution >= 0.6 is 0 Å². The van der Waals surface area contributed by atoms with Crippen LogP contribution in [0.4, 0.5) is 0 Å². The van der Waals surface area contributed by atoms with Crippen LogP contribution in [0.15, 0.2) is 66.7 Å². The van der Waals surface area contributed by atoms with E-state index in [0.717, 1.165) is 68.4 Å². The molecule has 0 saturated carbocycles. The Balaban J connectivity index is 1.01. The summed E-state index contributed by atoms with van der Waals surface area (Å²) in [5.74, 6) is 0.924. The summed E-state index contributed by atoms with van der Waals surface area (Å²) >= 11 is 0. The van der Waals surface area contributed by atoms with Crippen molar-refractivity contribution in [3.8, 4) is 22.5 Å². The van der Waals surface area contributed by atoms with Crippen molar-refractivity contribution in [3.63, 3.8) is 0 Å². The Bertz CT molecular complexity index is 1300. The molecule has 0 amide bonds. The van der Waals surface area contributed by atoms with E-state index in [0.29, 0.717) is 0 Å². The van der Waals surface area contributed by atoms with Crippen molar-refractivity contribution < 1.29 is 4.74 Å². The van der Waals surface area contributed by atoms with Crippen molar-refractivity contribution in [1.82, 2.24) is 24.7 Å². The van der Waals surface area contributed by atoms with Crippen LogP contribution in [-0.4, -0.2) is 90.2 Å². The third-order valence-electron chi connectivity index (χ3n) is 7.87. The van der Waals surface area contributed by atoms with Gasteiger partial charge in [-0.05, 0) is 35.2 Å². The summed E-state index contributed by atoms with van der Waals surface area (Å²) in [5, 5.41) is 0. The summed E-state index contributed by atoms with van der Waals surface area (Å²) < 4.78 is 5.46. The molecular formula is C31H37N5O. The Hall–Kier alpha value is -3.03. The van der Waals surface area contributed by atoms with E-state index >= 15 is 0 Å². The number of aromatic amines is 1. The number of benzene rings is 3. The van der Waals surface area contributed by atoms with E-state index in [1.165, 1.54) is 48.4 Å². The van der Waals surface area contributed by atoms with E-state index < -0.39 is 0 Å². The molecule has 2 fully saturated rings. The molecular weight excluding hydrogens is 458 g/mol. The fourth-order valence-electron chi connectivity index (χ4n) is 5.47. The van der Waals surface area contributed by atoms with E-state index in [1.54, 1.807) is 0 Å². The second-order valence-electron chi connectivity index (χ2n) is 10.4. The number of nitrogens with one attached hydrogen (secondary N) is 1. The first-order chi connectivity index (χ1) is 18.2. The summed E-state index contributed by atoms with van der Waals surface area (Å²) in [6.45, 7) is 14.1. The number of hydrogen-bond acceptors (Lipinski definition) is 5. The topological polar surface area (TPSA) is 47.6 Å². The van der Waals surface area contributed by atoms with Crippen LogP contribution in [0.25, 0.3) is 33.5 Å². The Morgan fingerprint density at radius 2 is 1.30 bits per heavy atom. The average molecular weight is 496 g/mol. The van der Waals surface area contributed by atoms with Gasteiger partial charge in [0.05, 0.1) is 24.2 Å². The second-order valence-corrected chi connectivity index (χ2v) is 10.4. The minimum atomic E-state index is 0.889. The van der Waals surface area contributed by atoms with Crippen LogP contribution in [0.3, 0.4) is 0 Å². The number of rotatable bonds is 7. The molecule has 2 saturated heterocycles. The first kappa shape index (κ1) is 24.3. The second kappa shape index (κ2) is 11.2. The number of imidazole rings is 1. The van der Waals surface area contributed by atoms with Gasteiger partial charge in [0.15, 0.2) is 0 Å². The average Bonchev–Trinajstić information content (AvgIpc) is 3.40. The molecule has 1 aromatic heterocycles. The number of fused-ring (bicyclic) bond motifs is 1. The number of morpholine rings is 1. The number of aromatic nitrogens is 2. The molecule has 0 radical (unpaired) electrons. The monoisotopic (exact) mass is 495 g/mol. The highest BCUT2D eigenvalue weighted by Crippen LogP contribution is 2.26. The third-order valence-corrected chi connectivity index (χ3v) is 7.87. The third kappa shape index (κ3) is 5.78. The summed E-state index contributed by atoms with van der Waals surface area (Å²) in [5.41, 5.74) is 8.32. The zero-order chi connectivity index (χ0) is 25.0. The van der Waals surface area contributed by atoms with Gasteiger partial charge in [-0.1, -0.05) is 60.7 Å². The number of ether oxygens (including phenoxy) is 1. The number of para-hydroxylation sites is 1. The molecule has 3 aromatic carbocycles. The van der Waals surface area contributed by atoms with Gasteiger partial charge in [-0.15, -0.1) is 0 Å². The van der Waals surface area contributed by atoms with E-state index in [9.17, 15) is 0 Å². The zero-order valence-electron chi connectivity index (χ0n) is 21.8. The van der Waals surface area contributed by atoms with Crippen LogP contribution in [0, 0.1) is 6.92 Å². The Morgan fingerprint density at radius 3 is 1.97 bits per heavy atom. The van der Waals surface area contributed by atoms with Crippen LogP contribution in [0.1, 0.15) is 11.1 Å². The molecule has 0 aliphatic carbocycles. The summed E-state index contributed by atoms with van der Waals surface area (Å²) in [6.07, 6.45) is 0. The number of hydrogen-bond donors (Lipinski definition) is 1. The molecule has 0 bridgehead atoms. The van der Waals surface area contributed by atoms with E-state index in [2.05, 4.69) is 93.3 Å². The highest BCUT2D eigenvalue weighted by molar-refractivity contribution is 5.82. The number of aryl methyl sites for hydroxylation is 1. The molecule has 4 aromatic rings. The van der Waals surface area contributed by atoms with Gasteiger partial charge in [-0.3, -0.25) is 14.7 Å². The van der Waals surface area contributed by atoms with Gasteiger partial charge in [0.2, 0.25) is 0 Å². The molecule has 192 valence electrons. The molecule has 6 nitrogen and oxygen atoms in total. The fourth-order valence-corrected chi connectivity index (χ4v) is 5.47. The molecule has 6 heteroatoms. The van der Waals surface area contributed by atoms with Gasteiger partial charge in [-0.25, -0.2) is 4.98 Å². The van der Waals surface area contributed by atoms with Crippen molar-refractivity contribution in [3.05, 3.63) is 77.9 Å². The first-order valence-electron chi connectivity index (χ1n) is 13.6. The molecule has 6 rings (SSSR count). The predicted molar refractivity (Wildman–Crippen MR) is 151 cm³/mol. The molecule has 2 aliphatic heterocycles. The van der Waals surface area contributed by atoms with Crippen molar-refractivity contribution in [2.45, 2.75) is 13.5 Å². The lowest BCUT2D eigenvalue weighted by atomic mass is 10.0. The van der Waals surface area contributed by atoms with Crippen molar-refractivity contribution in [1.29, 1.82) is 0 Å². The van der Waals surface area contributed by atoms with E-state index in [-0.39, 0.29) is 0 Å². The molecule has 1 N–H and O–H groups in total. The maximum absolute atomic E-state index is 5.46. The number of H-pyrrole nitrogens is 1. The van der Waals surface area contributed by atoms with Gasteiger partial charge in [-0.2, -0.15) is 0 Å². The van der Waals surface area contributed by atoms with Crippen LogP contribution in [0.5, 0.6) is 0 Å². The smallest absolute Gasteiger partial charge is 0.138 e. The standard InChI is InChI=1S/C31H37N5O/c1-24-3-2-4-29-30(24)33-31(32-29)28-11-9-27(10-12-28)26-7-5-25(6-8-26)23-36-17-15-34(16-18-36)13-14-35-19-21-37-22-20-35/h2-12H,13-23H2,1H3,(H,32,33). The Morgan fingerprint density at radius 1 is 0.703 bits per heavy atom.